The average Bonchev–Trinajstić information content (AvgIpc) is 1.13. The van der Waals surface area contributed by atoms with E-state index in [1.807, 2.05) is 11.0 Å². The molecule has 0 aliphatic heterocycles. The van der Waals surface area contributed by atoms with Crippen molar-refractivity contribution in [2.45, 2.75) is 7.43 Å². The Hall–Kier alpha value is -14.8. The number of benzene rings is 20. The van der Waals surface area contributed by atoms with E-state index in [-0.39, 0.29) is 7.43 Å². The highest BCUT2D eigenvalue weighted by molar-refractivity contribution is 14.1. The van der Waals surface area contributed by atoms with Gasteiger partial charge in [-0.05, 0) is 200 Å². The van der Waals surface area contributed by atoms with E-state index in [2.05, 4.69) is 586 Å². The van der Waals surface area contributed by atoms with E-state index in [0.29, 0.717) is 0 Å². The van der Waals surface area contributed by atoms with Gasteiger partial charge in [-0.3, -0.25) is 0 Å². The second-order valence-electron chi connectivity index (χ2n) is 32.0. The van der Waals surface area contributed by atoms with Crippen molar-refractivity contribution in [3.8, 4) is 55.9 Å². The third-order valence-electron chi connectivity index (χ3n) is 24.7. The number of para-hydroxylation sites is 4. The maximum absolute atomic E-state index is 3.80. The number of nitrogens with zero attached hydrogens (tertiary/aromatic N) is 3. The third kappa shape index (κ3) is 17.3. The molecule has 20 aromatic carbocycles. The maximum Gasteiger partial charge on any atom is 0.179 e. The van der Waals surface area contributed by atoms with Crippen molar-refractivity contribution in [3.63, 3.8) is 0 Å². The van der Waals surface area contributed by atoms with Gasteiger partial charge in [0.05, 0.1) is 27.8 Å². The highest BCUT2D eigenvalue weighted by atomic mass is 127. The molecule has 0 aliphatic rings. The number of aromatic nitrogens is 2. The van der Waals surface area contributed by atoms with Gasteiger partial charge in [0.1, 0.15) is 0 Å². The molecule has 8 heteroatoms. The Kier molecular flexibility index (Phi) is 26.5. The first-order chi connectivity index (χ1) is 63.9. The van der Waals surface area contributed by atoms with Crippen molar-refractivity contribution in [2.24, 2.45) is 0 Å². The minimum absolute atomic E-state index is 0. The zero-order chi connectivity index (χ0) is 87.1. The summed E-state index contributed by atoms with van der Waals surface area (Å²) in [5.74, 6) is 0. The minimum atomic E-state index is -2.72. The van der Waals surface area contributed by atoms with E-state index in [0.717, 1.165) is 44.3 Å². The molecule has 1 N–H and O–H groups in total. The van der Waals surface area contributed by atoms with Crippen LogP contribution >= 0.6 is 38.5 Å². The lowest BCUT2D eigenvalue weighted by atomic mass is 10.00. The van der Waals surface area contributed by atoms with Gasteiger partial charge in [0.2, 0.25) is 0 Å². The number of rotatable bonds is 19. The molecule has 0 saturated heterocycles. The lowest BCUT2D eigenvalue weighted by Gasteiger charge is -2.35. The van der Waals surface area contributed by atoms with E-state index in [1.165, 1.54) is 130 Å². The molecule has 2 aromatic heterocycles. The molecular weight excluding hydrogens is 1780 g/mol. The second-order valence-corrected chi connectivity index (χ2v) is 40.5. The fourth-order valence-electron chi connectivity index (χ4n) is 18.8. The van der Waals surface area contributed by atoms with E-state index < -0.39 is 16.1 Å². The van der Waals surface area contributed by atoms with Crippen LogP contribution in [0.1, 0.15) is 7.43 Å². The summed E-state index contributed by atoms with van der Waals surface area (Å²) in [5, 5.41) is 19.6. The molecule has 0 saturated carbocycles. The van der Waals surface area contributed by atoms with Crippen LogP contribution in [0, 0.1) is 0 Å². The lowest BCUT2D eigenvalue weighted by Crippen LogP contribution is -2.74. The minimum Gasteiger partial charge on any atom is -0.355 e. The first-order valence-electron chi connectivity index (χ1n) is 43.8. The highest BCUT2D eigenvalue weighted by Gasteiger charge is 2.43. The second kappa shape index (κ2) is 40.1. The Morgan fingerprint density at radius 2 is 0.469 bits per heavy atom. The van der Waals surface area contributed by atoms with Crippen LogP contribution in [0.2, 0.25) is 0 Å². The number of fused-ring (bicyclic) bond motifs is 6. The summed E-state index contributed by atoms with van der Waals surface area (Å²) in [5.41, 5.74) is 22.3. The smallest absolute Gasteiger partial charge is 0.179 e. The fourth-order valence-corrected chi connectivity index (χ4v) is 28.6. The van der Waals surface area contributed by atoms with Gasteiger partial charge in [-0.25, -0.2) is 0 Å². The third-order valence-corrected chi connectivity index (χ3v) is 34.8. The Morgan fingerprint density at radius 3 is 0.823 bits per heavy atom. The molecule has 0 bridgehead atoms. The predicted molar refractivity (Wildman–Crippen MR) is 576 cm³/mol. The Morgan fingerprint density at radius 1 is 0.223 bits per heavy atom. The molecule has 0 spiro atoms. The van der Waals surface area contributed by atoms with Crippen LogP contribution in [0.4, 0.5) is 28.4 Å². The van der Waals surface area contributed by atoms with E-state index in [4.69, 9.17) is 0 Å². The molecule has 626 valence electrons. The van der Waals surface area contributed by atoms with Gasteiger partial charge in [0.25, 0.3) is 0 Å². The first kappa shape index (κ1) is 86.0. The summed E-state index contributed by atoms with van der Waals surface area (Å²) >= 11 is 5.61. The largest absolute Gasteiger partial charge is 0.355 e. The topological polar surface area (TPSA) is 25.1 Å². The Balaban J connectivity index is 0.000000147. The van der Waals surface area contributed by atoms with Gasteiger partial charge in [-0.2, -0.15) is 0 Å². The molecule has 0 fully saturated rings. The standard InChI is InChI=1S/C60H44N2Si.C42H32N2Si.C18H13Br.CH3I.CH4/c1-6-19-45(20-7-1)46-33-35-47(36-34-46)48-37-39-50(40-38-48)61(58-31-18-32-59-60(58)56-29-16-17-30-57(56)62(59)49-21-8-2-9-22-49)51-41-43-55(44-42-51)63(52-23-10-3-11-24-52,53-25-12-4-13-26-53)54-27-14-5-15-28-54;1-5-16-33(17-6-1)44-40-26-14-13-24-38(40)42-39(25-15-27-41(42)44)43-32-28-30-37(31-29-32)45(34-18-7-2-8-19-34,35-20-9-3-10-21-35)36-22-11-4-12-23-36;19-18-12-10-17(11-13-18)16-8-6-15(7-9-16)14-4-2-1-3-5-14;1-2;/h1-44H;1-31,43H;1-13H;1H3;1H4. The van der Waals surface area contributed by atoms with Crippen LogP contribution in [0.25, 0.3) is 99.5 Å². The van der Waals surface area contributed by atoms with E-state index in [9.17, 15) is 0 Å². The number of hydrogen-bond donors (Lipinski definition) is 1. The summed E-state index contributed by atoms with van der Waals surface area (Å²) in [7, 11) is -5.28. The van der Waals surface area contributed by atoms with Crippen molar-refractivity contribution in [1.29, 1.82) is 0 Å². The Labute approximate surface area is 787 Å². The van der Waals surface area contributed by atoms with Gasteiger partial charge in [-0.15, -0.1) is 0 Å². The number of halogens is 2. The summed E-state index contributed by atoms with van der Waals surface area (Å²) in [6, 6.07) is 194. The first-order valence-corrected chi connectivity index (χ1v) is 50.7. The van der Waals surface area contributed by atoms with Crippen LogP contribution in [0.3, 0.4) is 0 Å². The molecule has 2 heterocycles. The summed E-state index contributed by atoms with van der Waals surface area (Å²) in [6.07, 6.45) is 0. The summed E-state index contributed by atoms with van der Waals surface area (Å²) < 4.78 is 5.87. The normalized spacial score (nSPS) is 11.1. The number of anilines is 5. The van der Waals surface area contributed by atoms with Gasteiger partial charge in [-0.1, -0.05) is 471 Å². The molecule has 0 aliphatic carbocycles. The molecule has 4 nitrogen and oxygen atoms in total. The van der Waals surface area contributed by atoms with E-state index in [1.54, 1.807) is 0 Å². The van der Waals surface area contributed by atoms with Crippen LogP contribution in [-0.4, -0.2) is 30.2 Å². The van der Waals surface area contributed by atoms with Crippen LogP contribution in [0.5, 0.6) is 0 Å². The molecule has 130 heavy (non-hydrogen) atoms. The Bertz CT molecular complexity index is 7240. The number of alkyl halides is 1. The zero-order valence-electron chi connectivity index (χ0n) is 71.4. The van der Waals surface area contributed by atoms with Crippen LogP contribution in [0.15, 0.2) is 538 Å². The number of nitrogens with one attached hydrogen (secondary N) is 1. The van der Waals surface area contributed by atoms with Gasteiger partial charge >= 0.3 is 0 Å². The lowest BCUT2D eigenvalue weighted by molar-refractivity contribution is 1.18. The monoisotopic (exact) mass is 1880 g/mol. The zero-order valence-corrected chi connectivity index (χ0v) is 77.1. The molecular formula is C122H96BrIN4Si2. The molecule has 0 amide bonds. The van der Waals surface area contributed by atoms with Crippen molar-refractivity contribution >= 4 is 168 Å². The molecule has 22 aromatic rings. The van der Waals surface area contributed by atoms with Gasteiger partial charge < -0.3 is 19.4 Å². The summed E-state index contributed by atoms with van der Waals surface area (Å²) in [6.45, 7) is 0. The van der Waals surface area contributed by atoms with Crippen molar-refractivity contribution in [2.75, 3.05) is 15.1 Å². The fraction of sp³-hybridized carbons (Fsp3) is 0.0164. The number of hydrogen-bond acceptors (Lipinski definition) is 2. The van der Waals surface area contributed by atoms with Gasteiger partial charge in [0.15, 0.2) is 16.1 Å². The van der Waals surface area contributed by atoms with Crippen LogP contribution in [-0.2, 0) is 0 Å². The molecule has 0 unspecified atom stereocenters. The summed E-state index contributed by atoms with van der Waals surface area (Å²) in [4.78, 5) is 4.42. The van der Waals surface area contributed by atoms with E-state index >= 15 is 0 Å². The molecule has 22 rings (SSSR count). The van der Waals surface area contributed by atoms with Crippen molar-refractivity contribution in [3.05, 3.63) is 538 Å². The quantitative estimate of drug-likeness (QED) is 0.0378. The average molecular weight is 1880 g/mol. The maximum atomic E-state index is 3.80. The SMILES string of the molecule is Brc1ccc(-c2ccc(-c3ccccc3)cc2)cc1.C.CI.c1ccc(-c2ccc(-c3ccc(N(c4ccc([Si](c5ccccc5)(c5ccccc5)c5ccccc5)cc4)c4cccc5c4c4ccccc4n5-c4ccccc4)cc3)cc2)cc1.c1ccc(-n2c3ccccc3c3c(Nc4ccc([Si](c5ccccc5)(c5ccccc5)c5ccccc5)cc4)cccc32)cc1. The van der Waals surface area contributed by atoms with Crippen LogP contribution < -0.4 is 51.7 Å². The van der Waals surface area contributed by atoms with Crippen molar-refractivity contribution in [1.82, 2.24) is 9.13 Å². The van der Waals surface area contributed by atoms with Crippen molar-refractivity contribution < 1.29 is 0 Å². The molecule has 0 atom stereocenters. The van der Waals surface area contributed by atoms with Gasteiger partial charge in [0, 0.05) is 60.1 Å². The molecule has 0 radical (unpaired) electrons. The highest BCUT2D eigenvalue weighted by Crippen LogP contribution is 2.45. The predicted octanol–water partition coefficient (Wildman–Crippen LogP) is 28.3.